The predicted octanol–water partition coefficient (Wildman–Crippen LogP) is 3.47. The van der Waals surface area contributed by atoms with E-state index in [-0.39, 0.29) is 24.5 Å². The number of Topliss-reactive ketones (excluding diaryl/α,β-unsaturated/α-hetero) is 1. The first kappa shape index (κ1) is 14.8. The topological polar surface area (TPSA) is 46.6 Å². The lowest BCUT2D eigenvalue weighted by atomic mass is 9.94. The number of rotatable bonds is 3. The highest BCUT2D eigenvalue weighted by Gasteiger charge is 2.34. The van der Waals surface area contributed by atoms with Gasteiger partial charge in [0.2, 0.25) is 0 Å². The molecule has 4 nitrogen and oxygen atoms in total. The highest BCUT2D eigenvalue weighted by molar-refractivity contribution is 5.99. The van der Waals surface area contributed by atoms with E-state index in [1.165, 1.54) is 0 Å². The number of allylic oxidation sites excluding steroid dienone is 1. The van der Waals surface area contributed by atoms with Gasteiger partial charge in [-0.3, -0.25) is 4.79 Å². The van der Waals surface area contributed by atoms with Crippen LogP contribution in [0.25, 0.3) is 0 Å². The molecule has 1 aliphatic carbocycles. The first-order chi connectivity index (χ1) is 10.8. The summed E-state index contributed by atoms with van der Waals surface area (Å²) in [7, 11) is 0. The molecule has 0 N–H and O–H groups in total. The van der Waals surface area contributed by atoms with Gasteiger partial charge in [-0.25, -0.2) is 4.79 Å². The Morgan fingerprint density at radius 3 is 2.77 bits per heavy atom. The predicted molar refractivity (Wildman–Crippen MR) is 83.3 cm³/mol. The van der Waals surface area contributed by atoms with Crippen LogP contribution in [0, 0.1) is 0 Å². The molecule has 1 amide bonds. The zero-order chi connectivity index (χ0) is 15.4. The molecule has 1 saturated heterocycles. The van der Waals surface area contributed by atoms with Crippen molar-refractivity contribution in [2.45, 2.75) is 44.8 Å². The second-order valence-corrected chi connectivity index (χ2v) is 5.87. The molecule has 4 heteroatoms. The van der Waals surface area contributed by atoms with Crippen molar-refractivity contribution in [2.75, 3.05) is 6.54 Å². The van der Waals surface area contributed by atoms with Gasteiger partial charge in [0, 0.05) is 18.5 Å². The zero-order valence-corrected chi connectivity index (χ0v) is 12.7. The van der Waals surface area contributed by atoms with E-state index in [2.05, 4.69) is 0 Å². The first-order valence-corrected chi connectivity index (χ1v) is 7.96. The second kappa shape index (κ2) is 6.77. The summed E-state index contributed by atoms with van der Waals surface area (Å²) in [6, 6.07) is 9.56. The molecule has 1 fully saturated rings. The van der Waals surface area contributed by atoms with Gasteiger partial charge in [0.05, 0.1) is 6.04 Å². The third-order valence-electron chi connectivity index (χ3n) is 4.36. The molecular weight excluding hydrogens is 278 g/mol. The fraction of sp³-hybridized carbons (Fsp3) is 0.444. The van der Waals surface area contributed by atoms with E-state index in [1.54, 1.807) is 4.90 Å². The number of hydrogen-bond donors (Lipinski definition) is 0. The monoisotopic (exact) mass is 299 g/mol. The van der Waals surface area contributed by atoms with Crippen LogP contribution in [-0.4, -0.2) is 29.4 Å². The van der Waals surface area contributed by atoms with Crippen LogP contribution in [0.5, 0.6) is 0 Å². The highest BCUT2D eigenvalue weighted by Crippen LogP contribution is 2.29. The lowest BCUT2D eigenvalue weighted by Gasteiger charge is -2.35. The molecule has 2 aliphatic rings. The fourth-order valence-corrected chi connectivity index (χ4v) is 3.21. The van der Waals surface area contributed by atoms with E-state index in [9.17, 15) is 9.59 Å². The van der Waals surface area contributed by atoms with Gasteiger partial charge >= 0.3 is 6.09 Å². The molecule has 1 aliphatic heterocycles. The number of benzene rings is 1. The van der Waals surface area contributed by atoms with Gasteiger partial charge < -0.3 is 9.64 Å². The molecule has 1 aromatic carbocycles. The largest absolute Gasteiger partial charge is 0.445 e. The van der Waals surface area contributed by atoms with Gasteiger partial charge in [-0.1, -0.05) is 36.4 Å². The maximum absolute atomic E-state index is 12.4. The lowest BCUT2D eigenvalue weighted by molar-refractivity contribution is -0.115. The summed E-state index contributed by atoms with van der Waals surface area (Å²) in [5, 5.41) is 0. The minimum atomic E-state index is -0.311. The number of piperidine rings is 1. The molecule has 0 aromatic heterocycles. The van der Waals surface area contributed by atoms with E-state index in [1.807, 2.05) is 36.4 Å². The first-order valence-electron chi connectivity index (χ1n) is 7.96. The number of carbonyl (C=O) groups excluding carboxylic acids is 2. The van der Waals surface area contributed by atoms with Crippen molar-refractivity contribution in [3.05, 3.63) is 47.5 Å². The van der Waals surface area contributed by atoms with E-state index in [4.69, 9.17) is 4.74 Å². The molecule has 22 heavy (non-hydrogen) atoms. The number of amides is 1. The molecule has 1 atom stereocenters. The van der Waals surface area contributed by atoms with Crippen LogP contribution in [0.15, 0.2) is 42.0 Å². The Morgan fingerprint density at radius 2 is 2.05 bits per heavy atom. The standard InChI is InChI=1S/C18H21NO3/c20-17-11-6-9-15(17)16-10-4-5-12-19(16)18(21)22-13-14-7-2-1-3-8-14/h1-3,7-9,16H,4-6,10-13H2. The Balaban J connectivity index is 1.65. The summed E-state index contributed by atoms with van der Waals surface area (Å²) < 4.78 is 5.44. The number of nitrogens with zero attached hydrogens (tertiary/aromatic N) is 1. The molecule has 1 aromatic rings. The molecule has 3 rings (SSSR count). The molecular formula is C18H21NO3. The lowest BCUT2D eigenvalue weighted by Crippen LogP contribution is -2.45. The van der Waals surface area contributed by atoms with Crippen molar-refractivity contribution in [3.8, 4) is 0 Å². The average molecular weight is 299 g/mol. The van der Waals surface area contributed by atoms with Gasteiger partial charge in [-0.05, 0) is 31.2 Å². The SMILES string of the molecule is O=C1CCC=C1C1CCCCN1C(=O)OCc1ccccc1. The van der Waals surface area contributed by atoms with E-state index in [0.717, 1.165) is 36.8 Å². The van der Waals surface area contributed by atoms with Gasteiger partial charge in [-0.15, -0.1) is 0 Å². The van der Waals surface area contributed by atoms with Crippen molar-refractivity contribution in [1.82, 2.24) is 4.90 Å². The molecule has 0 bridgehead atoms. The summed E-state index contributed by atoms with van der Waals surface area (Å²) in [5.41, 5.74) is 1.79. The molecule has 0 saturated carbocycles. The maximum atomic E-state index is 12.4. The van der Waals surface area contributed by atoms with E-state index >= 15 is 0 Å². The summed E-state index contributed by atoms with van der Waals surface area (Å²) in [6.45, 7) is 0.943. The summed E-state index contributed by atoms with van der Waals surface area (Å²) in [6.07, 6.45) is 5.95. The number of carbonyl (C=O) groups is 2. The normalized spacial score (nSPS) is 21.6. The third-order valence-corrected chi connectivity index (χ3v) is 4.36. The van der Waals surface area contributed by atoms with Crippen LogP contribution < -0.4 is 0 Å². The van der Waals surface area contributed by atoms with Gasteiger partial charge in [-0.2, -0.15) is 0 Å². The number of ketones is 1. The van der Waals surface area contributed by atoms with Crippen molar-refractivity contribution in [1.29, 1.82) is 0 Å². The van der Waals surface area contributed by atoms with Crippen LogP contribution in [0.4, 0.5) is 4.79 Å². The van der Waals surface area contributed by atoms with Gasteiger partial charge in [0.15, 0.2) is 5.78 Å². The van der Waals surface area contributed by atoms with Crippen molar-refractivity contribution < 1.29 is 14.3 Å². The quantitative estimate of drug-likeness (QED) is 0.858. The van der Waals surface area contributed by atoms with Crippen molar-refractivity contribution >= 4 is 11.9 Å². The molecule has 116 valence electrons. The average Bonchev–Trinajstić information content (AvgIpc) is 2.99. The molecule has 0 spiro atoms. The number of ether oxygens (including phenoxy) is 1. The highest BCUT2D eigenvalue weighted by atomic mass is 16.6. The second-order valence-electron chi connectivity index (χ2n) is 5.87. The van der Waals surface area contributed by atoms with Crippen molar-refractivity contribution in [2.24, 2.45) is 0 Å². The minimum Gasteiger partial charge on any atom is -0.445 e. The maximum Gasteiger partial charge on any atom is 0.410 e. The van der Waals surface area contributed by atoms with Crippen LogP contribution in [0.2, 0.25) is 0 Å². The fourth-order valence-electron chi connectivity index (χ4n) is 3.21. The molecule has 0 radical (unpaired) electrons. The minimum absolute atomic E-state index is 0.0907. The van der Waals surface area contributed by atoms with Gasteiger partial charge in [0.1, 0.15) is 6.61 Å². The van der Waals surface area contributed by atoms with Gasteiger partial charge in [0.25, 0.3) is 0 Å². The van der Waals surface area contributed by atoms with Crippen molar-refractivity contribution in [3.63, 3.8) is 0 Å². The summed E-state index contributed by atoms with van der Waals surface area (Å²) in [5.74, 6) is 0.188. The zero-order valence-electron chi connectivity index (χ0n) is 12.7. The molecule has 1 heterocycles. The Kier molecular flexibility index (Phi) is 4.56. The Morgan fingerprint density at radius 1 is 1.23 bits per heavy atom. The van der Waals surface area contributed by atoms with Crippen LogP contribution >= 0.6 is 0 Å². The third kappa shape index (κ3) is 3.21. The van der Waals surface area contributed by atoms with E-state index < -0.39 is 0 Å². The molecule has 1 unspecified atom stereocenters. The van der Waals surface area contributed by atoms with Crippen LogP contribution in [0.3, 0.4) is 0 Å². The number of likely N-dealkylation sites (tertiary alicyclic amines) is 1. The van der Waals surface area contributed by atoms with Crippen LogP contribution in [0.1, 0.15) is 37.7 Å². The Bertz CT molecular complexity index is 579. The smallest absolute Gasteiger partial charge is 0.410 e. The Labute approximate surface area is 130 Å². The summed E-state index contributed by atoms with van der Waals surface area (Å²) >= 11 is 0. The number of hydrogen-bond acceptors (Lipinski definition) is 3. The van der Waals surface area contributed by atoms with Crippen LogP contribution in [-0.2, 0) is 16.1 Å². The summed E-state index contributed by atoms with van der Waals surface area (Å²) in [4.78, 5) is 26.1. The Hall–Kier alpha value is -2.10. The van der Waals surface area contributed by atoms with E-state index in [0.29, 0.717) is 13.0 Å².